The lowest BCUT2D eigenvalue weighted by atomic mass is 10.4. The van der Waals surface area contributed by atoms with Crippen LogP contribution >= 0.6 is 11.6 Å². The van der Waals surface area contributed by atoms with Crippen molar-refractivity contribution in [3.8, 4) is 5.69 Å². The summed E-state index contributed by atoms with van der Waals surface area (Å²) < 4.78 is 6.56. The highest BCUT2D eigenvalue weighted by Crippen LogP contribution is 2.27. The summed E-state index contributed by atoms with van der Waals surface area (Å²) in [6.45, 7) is 0.470. The topological polar surface area (TPSA) is 63.6 Å². The Morgan fingerprint density at radius 1 is 1.63 bits per heavy atom. The van der Waals surface area contributed by atoms with Crippen LogP contribution < -0.4 is 4.90 Å². The third-order valence-corrected chi connectivity index (χ3v) is 3.13. The maximum absolute atomic E-state index is 11.9. The van der Waals surface area contributed by atoms with E-state index in [0.29, 0.717) is 12.3 Å². The molecule has 0 aromatic carbocycles. The molecule has 98 valence electrons. The molecule has 1 saturated heterocycles. The van der Waals surface area contributed by atoms with Crippen molar-refractivity contribution in [2.45, 2.75) is 6.10 Å². The maximum Gasteiger partial charge on any atom is 0.258 e. The number of rotatable bonds is 3. The van der Waals surface area contributed by atoms with Gasteiger partial charge < -0.3 is 9.64 Å². The Morgan fingerprint density at radius 3 is 3.05 bits per heavy atom. The SMILES string of the molecule is CN(C(=O)C1CO1)c1cn(-c2cccnc2)nc1Cl. The molecule has 3 rings (SSSR count). The maximum atomic E-state index is 11.9. The highest BCUT2D eigenvalue weighted by molar-refractivity contribution is 6.32. The van der Waals surface area contributed by atoms with Gasteiger partial charge in [0.15, 0.2) is 11.3 Å². The Labute approximate surface area is 114 Å². The largest absolute Gasteiger partial charge is 0.363 e. The van der Waals surface area contributed by atoms with Gasteiger partial charge in [0.05, 0.1) is 24.7 Å². The molecule has 0 aliphatic carbocycles. The number of carbonyl (C=O) groups excluding carboxylic acids is 1. The second kappa shape index (κ2) is 4.64. The van der Waals surface area contributed by atoms with E-state index >= 15 is 0 Å². The van der Waals surface area contributed by atoms with Crippen LogP contribution in [0.15, 0.2) is 30.7 Å². The molecule has 1 unspecified atom stereocenters. The second-order valence-electron chi connectivity index (χ2n) is 4.18. The summed E-state index contributed by atoms with van der Waals surface area (Å²) in [6.07, 6.45) is 4.69. The average molecular weight is 279 g/mol. The zero-order chi connectivity index (χ0) is 13.4. The molecule has 3 heterocycles. The van der Waals surface area contributed by atoms with Crippen LogP contribution in [0.2, 0.25) is 5.15 Å². The van der Waals surface area contributed by atoms with Gasteiger partial charge in [-0.1, -0.05) is 11.6 Å². The van der Waals surface area contributed by atoms with E-state index in [0.717, 1.165) is 5.69 Å². The third-order valence-electron chi connectivity index (χ3n) is 2.86. The van der Waals surface area contributed by atoms with Gasteiger partial charge in [0, 0.05) is 13.2 Å². The van der Waals surface area contributed by atoms with Gasteiger partial charge in [0.1, 0.15) is 5.69 Å². The van der Waals surface area contributed by atoms with Crippen molar-refractivity contribution in [1.29, 1.82) is 0 Å². The van der Waals surface area contributed by atoms with Crippen LogP contribution in [0.1, 0.15) is 0 Å². The van der Waals surface area contributed by atoms with Gasteiger partial charge in [-0.25, -0.2) is 4.68 Å². The molecule has 19 heavy (non-hydrogen) atoms. The minimum Gasteiger partial charge on any atom is -0.363 e. The van der Waals surface area contributed by atoms with Crippen molar-refractivity contribution in [2.75, 3.05) is 18.6 Å². The fourth-order valence-corrected chi connectivity index (χ4v) is 1.97. The van der Waals surface area contributed by atoms with E-state index in [1.807, 2.05) is 6.07 Å². The van der Waals surface area contributed by atoms with E-state index in [1.165, 1.54) is 4.90 Å². The molecule has 0 radical (unpaired) electrons. The number of pyridine rings is 1. The normalized spacial score (nSPS) is 17.3. The number of aromatic nitrogens is 3. The zero-order valence-electron chi connectivity index (χ0n) is 10.2. The summed E-state index contributed by atoms with van der Waals surface area (Å²) in [7, 11) is 1.65. The molecular weight excluding hydrogens is 268 g/mol. The molecule has 0 N–H and O–H groups in total. The fourth-order valence-electron chi connectivity index (χ4n) is 1.72. The Kier molecular flexibility index (Phi) is 2.96. The monoisotopic (exact) mass is 278 g/mol. The minimum absolute atomic E-state index is 0.118. The summed E-state index contributed by atoms with van der Waals surface area (Å²) in [6, 6.07) is 3.66. The van der Waals surface area contributed by atoms with E-state index in [1.54, 1.807) is 36.4 Å². The molecule has 6 nitrogen and oxygen atoms in total. The van der Waals surface area contributed by atoms with Crippen LogP contribution in [-0.4, -0.2) is 40.4 Å². The Balaban J connectivity index is 1.91. The summed E-state index contributed by atoms with van der Waals surface area (Å²) in [5, 5.41) is 4.44. The van der Waals surface area contributed by atoms with Gasteiger partial charge in [0.25, 0.3) is 5.91 Å². The van der Waals surface area contributed by atoms with Crippen molar-refractivity contribution < 1.29 is 9.53 Å². The van der Waals surface area contributed by atoms with E-state index in [4.69, 9.17) is 16.3 Å². The number of anilines is 1. The van der Waals surface area contributed by atoms with E-state index in [-0.39, 0.29) is 17.2 Å². The third kappa shape index (κ3) is 2.32. The number of hydrogen-bond acceptors (Lipinski definition) is 4. The van der Waals surface area contributed by atoms with E-state index in [9.17, 15) is 4.79 Å². The van der Waals surface area contributed by atoms with Gasteiger partial charge in [-0.05, 0) is 12.1 Å². The molecular formula is C12H11ClN4O2. The lowest BCUT2D eigenvalue weighted by molar-refractivity contribution is -0.119. The first kappa shape index (κ1) is 12.1. The summed E-state index contributed by atoms with van der Waals surface area (Å²) in [5.74, 6) is -0.118. The number of ether oxygens (including phenoxy) is 1. The summed E-state index contributed by atoms with van der Waals surface area (Å²) in [4.78, 5) is 17.4. The van der Waals surface area contributed by atoms with Crippen molar-refractivity contribution in [3.63, 3.8) is 0 Å². The number of likely N-dealkylation sites (N-methyl/N-ethyl adjacent to an activating group) is 1. The molecule has 2 aromatic rings. The lowest BCUT2D eigenvalue weighted by Gasteiger charge is -2.13. The molecule has 1 atom stereocenters. The van der Waals surface area contributed by atoms with Crippen molar-refractivity contribution in [3.05, 3.63) is 35.9 Å². The number of epoxide rings is 1. The van der Waals surface area contributed by atoms with Crippen LogP contribution in [-0.2, 0) is 9.53 Å². The zero-order valence-corrected chi connectivity index (χ0v) is 10.9. The van der Waals surface area contributed by atoms with Crippen molar-refractivity contribution in [1.82, 2.24) is 14.8 Å². The number of hydrogen-bond donors (Lipinski definition) is 0. The molecule has 1 aliphatic rings. The van der Waals surface area contributed by atoms with Gasteiger partial charge >= 0.3 is 0 Å². The molecule has 0 bridgehead atoms. The standard InChI is InChI=1S/C12H11ClN4O2/c1-16(12(18)10-7-19-10)9-6-17(15-11(9)13)8-3-2-4-14-5-8/h2-6,10H,7H2,1H3. The van der Waals surface area contributed by atoms with Crippen molar-refractivity contribution >= 4 is 23.2 Å². The van der Waals surface area contributed by atoms with Crippen LogP contribution in [0.3, 0.4) is 0 Å². The first-order valence-electron chi connectivity index (χ1n) is 5.71. The molecule has 1 amide bonds. The van der Waals surface area contributed by atoms with Crippen molar-refractivity contribution in [2.24, 2.45) is 0 Å². The van der Waals surface area contributed by atoms with Gasteiger partial charge in [0.2, 0.25) is 0 Å². The van der Waals surface area contributed by atoms with Gasteiger partial charge in [-0.15, -0.1) is 0 Å². The van der Waals surface area contributed by atoms with Gasteiger partial charge in [-0.2, -0.15) is 5.10 Å². The number of nitrogens with zero attached hydrogens (tertiary/aromatic N) is 4. The lowest BCUT2D eigenvalue weighted by Crippen LogP contribution is -2.30. The quantitative estimate of drug-likeness (QED) is 0.794. The summed E-state index contributed by atoms with van der Waals surface area (Å²) >= 11 is 6.07. The molecule has 1 fully saturated rings. The number of amides is 1. The molecule has 0 spiro atoms. The van der Waals surface area contributed by atoms with Crippen LogP contribution in [0.4, 0.5) is 5.69 Å². The van der Waals surface area contributed by atoms with Crippen LogP contribution in [0.25, 0.3) is 5.69 Å². The van der Waals surface area contributed by atoms with Crippen LogP contribution in [0, 0.1) is 0 Å². The molecule has 1 aliphatic heterocycles. The molecule has 7 heteroatoms. The fraction of sp³-hybridized carbons (Fsp3) is 0.250. The average Bonchev–Trinajstić information content (AvgIpc) is 3.21. The van der Waals surface area contributed by atoms with E-state index < -0.39 is 0 Å². The first-order valence-corrected chi connectivity index (χ1v) is 6.09. The highest BCUT2D eigenvalue weighted by Gasteiger charge is 2.35. The number of carbonyl (C=O) groups is 1. The van der Waals surface area contributed by atoms with Crippen LogP contribution in [0.5, 0.6) is 0 Å². The first-order chi connectivity index (χ1) is 9.16. The second-order valence-corrected chi connectivity index (χ2v) is 4.54. The smallest absolute Gasteiger partial charge is 0.258 e. The Morgan fingerprint density at radius 2 is 2.42 bits per heavy atom. The predicted molar refractivity (Wildman–Crippen MR) is 69.5 cm³/mol. The predicted octanol–water partition coefficient (Wildman–Crippen LogP) is 1.28. The minimum atomic E-state index is -0.345. The Bertz CT molecular complexity index is 609. The summed E-state index contributed by atoms with van der Waals surface area (Å²) in [5.41, 5.74) is 1.32. The number of halogens is 1. The van der Waals surface area contributed by atoms with E-state index in [2.05, 4.69) is 10.1 Å². The molecule has 0 saturated carbocycles. The highest BCUT2D eigenvalue weighted by atomic mass is 35.5. The molecule has 2 aromatic heterocycles. The Hall–Kier alpha value is -1.92. The van der Waals surface area contributed by atoms with Gasteiger partial charge in [-0.3, -0.25) is 9.78 Å².